The Hall–Kier alpha value is -3.71. The molecule has 4 rings (SSSR count). The molecule has 2 N–H and O–H groups in total. The lowest BCUT2D eigenvalue weighted by molar-refractivity contribution is -0.122. The minimum absolute atomic E-state index is 0.0271. The number of nitrogens with one attached hydrogen (secondary N) is 2. The molecule has 0 unspecified atom stereocenters. The molecule has 2 aromatic carbocycles. The van der Waals surface area contributed by atoms with Crippen molar-refractivity contribution < 1.29 is 14.3 Å². The van der Waals surface area contributed by atoms with Crippen LogP contribution in [-0.2, 0) is 35.6 Å². The van der Waals surface area contributed by atoms with E-state index in [9.17, 15) is 9.59 Å². The molecule has 0 bridgehead atoms. The monoisotopic (exact) mass is 486 g/mol. The molecule has 0 saturated carbocycles. The van der Waals surface area contributed by atoms with Gasteiger partial charge in [-0.3, -0.25) is 19.5 Å². The van der Waals surface area contributed by atoms with Crippen molar-refractivity contribution in [2.24, 2.45) is 0 Å². The molecule has 2 amide bonds. The number of hydrogen-bond acceptors (Lipinski definition) is 5. The Balaban J connectivity index is 1.50. The van der Waals surface area contributed by atoms with Gasteiger partial charge in [-0.1, -0.05) is 42.5 Å². The van der Waals surface area contributed by atoms with Crippen molar-refractivity contribution in [3.63, 3.8) is 0 Å². The van der Waals surface area contributed by atoms with Gasteiger partial charge in [0.05, 0.1) is 19.6 Å². The Bertz CT molecular complexity index is 1120. The molecular weight excluding hydrogens is 452 g/mol. The van der Waals surface area contributed by atoms with Crippen LogP contribution in [0.2, 0.25) is 0 Å². The highest BCUT2D eigenvalue weighted by molar-refractivity contribution is 5.79. The van der Waals surface area contributed by atoms with E-state index in [1.807, 2.05) is 48.5 Å². The summed E-state index contributed by atoms with van der Waals surface area (Å²) >= 11 is 0. The van der Waals surface area contributed by atoms with Gasteiger partial charge in [-0.25, -0.2) is 0 Å². The maximum atomic E-state index is 12.7. The van der Waals surface area contributed by atoms with E-state index in [1.165, 1.54) is 0 Å². The zero-order chi connectivity index (χ0) is 25.0. The summed E-state index contributed by atoms with van der Waals surface area (Å²) in [5.74, 6) is 0.797. The molecule has 1 aromatic heterocycles. The van der Waals surface area contributed by atoms with Crippen LogP contribution in [0.15, 0.2) is 73.1 Å². The van der Waals surface area contributed by atoms with Crippen molar-refractivity contribution >= 4 is 11.8 Å². The van der Waals surface area contributed by atoms with E-state index in [1.54, 1.807) is 12.4 Å². The summed E-state index contributed by atoms with van der Waals surface area (Å²) in [6.07, 6.45) is 6.58. The fourth-order valence-electron chi connectivity index (χ4n) is 4.28. The molecule has 1 aliphatic heterocycles. The second-order valence-corrected chi connectivity index (χ2v) is 9.14. The van der Waals surface area contributed by atoms with Gasteiger partial charge in [0.2, 0.25) is 11.8 Å². The normalized spacial score (nSPS) is 15.3. The summed E-state index contributed by atoms with van der Waals surface area (Å²) in [7, 11) is 0. The highest BCUT2D eigenvalue weighted by Gasteiger charge is 2.17. The summed E-state index contributed by atoms with van der Waals surface area (Å²) in [6, 6.07) is 19.9. The molecule has 7 nitrogen and oxygen atoms in total. The average molecular weight is 487 g/mol. The molecule has 0 radical (unpaired) electrons. The molecule has 7 heteroatoms. The van der Waals surface area contributed by atoms with Gasteiger partial charge in [0.25, 0.3) is 0 Å². The number of hydrogen-bond donors (Lipinski definition) is 2. The van der Waals surface area contributed by atoms with Crippen LogP contribution in [0.25, 0.3) is 0 Å². The molecule has 0 saturated heterocycles. The first kappa shape index (κ1) is 25.4. The van der Waals surface area contributed by atoms with Crippen molar-refractivity contribution in [3.05, 3.63) is 95.3 Å². The van der Waals surface area contributed by atoms with Crippen LogP contribution in [0.3, 0.4) is 0 Å². The van der Waals surface area contributed by atoms with Gasteiger partial charge >= 0.3 is 0 Å². The van der Waals surface area contributed by atoms with E-state index in [0.29, 0.717) is 39.3 Å². The molecule has 0 fully saturated rings. The largest absolute Gasteiger partial charge is 0.493 e. The highest BCUT2D eigenvalue weighted by Crippen LogP contribution is 2.24. The smallest absolute Gasteiger partial charge is 0.234 e. The third-order valence-corrected chi connectivity index (χ3v) is 6.14. The van der Waals surface area contributed by atoms with Gasteiger partial charge < -0.3 is 15.4 Å². The predicted molar refractivity (Wildman–Crippen MR) is 139 cm³/mol. The van der Waals surface area contributed by atoms with E-state index >= 15 is 0 Å². The van der Waals surface area contributed by atoms with Gasteiger partial charge in [-0.2, -0.15) is 0 Å². The maximum absolute atomic E-state index is 12.7. The van der Waals surface area contributed by atoms with Gasteiger partial charge in [-0.05, 0) is 54.2 Å². The summed E-state index contributed by atoms with van der Waals surface area (Å²) in [4.78, 5) is 31.4. The van der Waals surface area contributed by atoms with E-state index in [2.05, 4.69) is 32.7 Å². The van der Waals surface area contributed by atoms with Crippen LogP contribution >= 0.6 is 0 Å². The maximum Gasteiger partial charge on any atom is 0.234 e. The lowest BCUT2D eigenvalue weighted by Gasteiger charge is -2.23. The lowest BCUT2D eigenvalue weighted by Crippen LogP contribution is -2.37. The molecule has 3 aromatic rings. The van der Waals surface area contributed by atoms with E-state index in [4.69, 9.17) is 4.74 Å². The quantitative estimate of drug-likeness (QED) is 0.556. The molecule has 36 heavy (non-hydrogen) atoms. The molecular formula is C29H34N4O3. The number of aromatic nitrogens is 1. The number of fused-ring (bicyclic) bond motifs is 1. The van der Waals surface area contributed by atoms with Crippen molar-refractivity contribution in [1.82, 2.24) is 20.5 Å². The summed E-state index contributed by atoms with van der Waals surface area (Å²) < 4.78 is 6.15. The SMILES string of the molecule is O=C(Cc1ccc2c(c1)CN(Cc1ccccc1)CC(=O)NCCCCCO2)NCc1ccncc1. The zero-order valence-corrected chi connectivity index (χ0v) is 20.6. The summed E-state index contributed by atoms with van der Waals surface area (Å²) in [5, 5.41) is 6.02. The average Bonchev–Trinajstić information content (AvgIpc) is 2.90. The Morgan fingerprint density at radius 1 is 0.944 bits per heavy atom. The van der Waals surface area contributed by atoms with Gasteiger partial charge in [0, 0.05) is 44.1 Å². The van der Waals surface area contributed by atoms with Crippen LogP contribution < -0.4 is 15.4 Å². The van der Waals surface area contributed by atoms with Crippen molar-refractivity contribution in [2.75, 3.05) is 19.7 Å². The third-order valence-electron chi connectivity index (χ3n) is 6.14. The number of nitrogens with zero attached hydrogens (tertiary/aromatic N) is 2. The second kappa shape index (κ2) is 13.4. The van der Waals surface area contributed by atoms with Gasteiger partial charge in [0.1, 0.15) is 5.75 Å². The predicted octanol–water partition coefficient (Wildman–Crippen LogP) is 3.62. The second-order valence-electron chi connectivity index (χ2n) is 9.14. The number of ether oxygens (including phenoxy) is 1. The van der Waals surface area contributed by atoms with Crippen LogP contribution in [0, 0.1) is 0 Å². The van der Waals surface area contributed by atoms with Gasteiger partial charge in [0.15, 0.2) is 0 Å². The minimum atomic E-state index is -0.0437. The van der Waals surface area contributed by atoms with Crippen molar-refractivity contribution in [3.8, 4) is 5.75 Å². The van der Waals surface area contributed by atoms with Crippen LogP contribution in [-0.4, -0.2) is 41.4 Å². The first-order valence-electron chi connectivity index (χ1n) is 12.6. The van der Waals surface area contributed by atoms with Crippen LogP contribution in [0.5, 0.6) is 5.75 Å². The molecule has 2 heterocycles. The van der Waals surface area contributed by atoms with Crippen molar-refractivity contribution in [1.29, 1.82) is 0 Å². The van der Waals surface area contributed by atoms with E-state index in [0.717, 1.165) is 47.3 Å². The zero-order valence-electron chi connectivity index (χ0n) is 20.6. The molecule has 0 aliphatic carbocycles. The first-order chi connectivity index (χ1) is 17.7. The summed E-state index contributed by atoms with van der Waals surface area (Å²) in [6.45, 7) is 3.27. The number of amides is 2. The summed E-state index contributed by atoms with van der Waals surface area (Å²) in [5.41, 5.74) is 4.05. The number of pyridine rings is 1. The molecule has 0 atom stereocenters. The third kappa shape index (κ3) is 8.20. The number of carbonyl (C=O) groups is 2. The van der Waals surface area contributed by atoms with Crippen LogP contribution in [0.1, 0.15) is 41.5 Å². The minimum Gasteiger partial charge on any atom is -0.493 e. The molecule has 1 aliphatic rings. The van der Waals surface area contributed by atoms with E-state index < -0.39 is 0 Å². The topological polar surface area (TPSA) is 83.6 Å². The Labute approximate surface area is 212 Å². The highest BCUT2D eigenvalue weighted by atomic mass is 16.5. The fourth-order valence-corrected chi connectivity index (χ4v) is 4.28. The first-order valence-corrected chi connectivity index (χ1v) is 12.6. The number of carbonyl (C=O) groups excluding carboxylic acids is 2. The lowest BCUT2D eigenvalue weighted by atomic mass is 10.1. The number of benzene rings is 2. The Morgan fingerprint density at radius 3 is 2.61 bits per heavy atom. The molecule has 0 spiro atoms. The Kier molecular flexibility index (Phi) is 9.45. The van der Waals surface area contributed by atoms with Gasteiger partial charge in [-0.15, -0.1) is 0 Å². The van der Waals surface area contributed by atoms with Crippen LogP contribution in [0.4, 0.5) is 0 Å². The standard InChI is InChI=1S/C29H34N4O3/c34-28(32-19-23-11-14-30-15-12-23)18-25-9-10-27-26(17-25)21-33(20-24-7-3-1-4-8-24)22-29(35)31-13-5-2-6-16-36-27/h1,3-4,7-12,14-15,17H,2,5-6,13,16,18-22H2,(H,31,35)(H,32,34). The fraction of sp³-hybridized carbons (Fsp3) is 0.345. The molecule has 188 valence electrons. The van der Waals surface area contributed by atoms with E-state index in [-0.39, 0.29) is 18.2 Å². The number of rotatable bonds is 6. The Morgan fingerprint density at radius 2 is 1.78 bits per heavy atom. The van der Waals surface area contributed by atoms with Crippen molar-refractivity contribution in [2.45, 2.75) is 45.3 Å².